The molecule has 28 heavy (non-hydrogen) atoms. The van der Waals surface area contributed by atoms with Crippen molar-refractivity contribution in [3.8, 4) is 5.69 Å². The molecule has 1 aromatic heterocycles. The number of carbonyl (C=O) groups excluding carboxylic acids is 2. The molecule has 0 saturated carbocycles. The second kappa shape index (κ2) is 7.86. The highest BCUT2D eigenvalue weighted by atomic mass is 35.5. The average Bonchev–Trinajstić information content (AvgIpc) is 3.32. The maximum Gasteiger partial charge on any atom is 0.228 e. The molecule has 0 atom stereocenters. The van der Waals surface area contributed by atoms with Crippen LogP contribution in [-0.4, -0.2) is 28.1 Å². The zero-order chi connectivity index (χ0) is 19.5. The van der Waals surface area contributed by atoms with Gasteiger partial charge in [0.05, 0.1) is 29.0 Å². The smallest absolute Gasteiger partial charge is 0.228 e. The number of benzene rings is 2. The predicted molar refractivity (Wildman–Crippen MR) is 109 cm³/mol. The van der Waals surface area contributed by atoms with Crippen molar-refractivity contribution in [1.29, 1.82) is 0 Å². The SMILES string of the molecule is O=C(Cc1cnn(-c2ccccc2)c1)Nc1ccc(N2CCCC2=O)c(Cl)c1. The van der Waals surface area contributed by atoms with E-state index in [0.717, 1.165) is 17.7 Å². The van der Waals surface area contributed by atoms with Crippen molar-refractivity contribution in [2.75, 3.05) is 16.8 Å². The Morgan fingerprint density at radius 1 is 1.18 bits per heavy atom. The fraction of sp³-hybridized carbons (Fsp3) is 0.190. The van der Waals surface area contributed by atoms with Crippen molar-refractivity contribution in [3.05, 3.63) is 71.5 Å². The van der Waals surface area contributed by atoms with Crippen LogP contribution in [-0.2, 0) is 16.0 Å². The highest BCUT2D eigenvalue weighted by Gasteiger charge is 2.23. The maximum absolute atomic E-state index is 12.4. The number of halogens is 1. The summed E-state index contributed by atoms with van der Waals surface area (Å²) in [6.07, 6.45) is 5.11. The summed E-state index contributed by atoms with van der Waals surface area (Å²) in [5.41, 5.74) is 3.03. The quantitative estimate of drug-likeness (QED) is 0.715. The van der Waals surface area contributed by atoms with E-state index in [1.807, 2.05) is 36.5 Å². The van der Waals surface area contributed by atoms with Crippen molar-refractivity contribution in [1.82, 2.24) is 9.78 Å². The summed E-state index contributed by atoms with van der Waals surface area (Å²) in [5, 5.41) is 7.60. The average molecular weight is 395 g/mol. The first-order chi connectivity index (χ1) is 13.6. The van der Waals surface area contributed by atoms with E-state index >= 15 is 0 Å². The van der Waals surface area contributed by atoms with E-state index in [1.165, 1.54) is 0 Å². The largest absolute Gasteiger partial charge is 0.326 e. The molecule has 1 saturated heterocycles. The van der Waals surface area contributed by atoms with Crippen LogP contribution in [0.3, 0.4) is 0 Å². The van der Waals surface area contributed by atoms with Crippen molar-refractivity contribution < 1.29 is 9.59 Å². The minimum atomic E-state index is -0.159. The van der Waals surface area contributed by atoms with Crippen LogP contribution < -0.4 is 10.2 Å². The van der Waals surface area contributed by atoms with Gasteiger partial charge in [-0.2, -0.15) is 5.10 Å². The van der Waals surface area contributed by atoms with Gasteiger partial charge in [-0.05, 0) is 42.3 Å². The normalized spacial score (nSPS) is 13.8. The maximum atomic E-state index is 12.4. The lowest BCUT2D eigenvalue weighted by molar-refractivity contribution is -0.117. The zero-order valence-electron chi connectivity index (χ0n) is 15.1. The summed E-state index contributed by atoms with van der Waals surface area (Å²) in [7, 11) is 0. The fourth-order valence-electron chi connectivity index (χ4n) is 3.27. The first-order valence-electron chi connectivity index (χ1n) is 9.09. The minimum absolute atomic E-state index is 0.0779. The standard InChI is InChI=1S/C21H19ClN4O2/c22-18-12-16(8-9-19(18)25-10-4-7-21(25)28)24-20(27)11-15-13-23-26(14-15)17-5-2-1-3-6-17/h1-3,5-6,8-9,12-14H,4,7,10-11H2,(H,24,27). The molecule has 142 valence electrons. The van der Waals surface area contributed by atoms with E-state index in [0.29, 0.717) is 29.4 Å². The molecule has 0 bridgehead atoms. The van der Waals surface area contributed by atoms with E-state index in [9.17, 15) is 9.59 Å². The van der Waals surface area contributed by atoms with Crippen LogP contribution in [0.1, 0.15) is 18.4 Å². The Bertz CT molecular complexity index is 1020. The Hall–Kier alpha value is -3.12. The topological polar surface area (TPSA) is 67.2 Å². The third kappa shape index (κ3) is 3.92. The minimum Gasteiger partial charge on any atom is -0.326 e. The number of anilines is 2. The number of aromatic nitrogens is 2. The lowest BCUT2D eigenvalue weighted by atomic mass is 10.2. The van der Waals surface area contributed by atoms with Crippen LogP contribution in [0, 0.1) is 0 Å². The van der Waals surface area contributed by atoms with E-state index < -0.39 is 0 Å². The molecule has 1 aliphatic rings. The van der Waals surface area contributed by atoms with E-state index in [1.54, 1.807) is 34.0 Å². The van der Waals surface area contributed by atoms with Crippen LogP contribution in [0.4, 0.5) is 11.4 Å². The second-order valence-corrected chi connectivity index (χ2v) is 7.08. The Morgan fingerprint density at radius 2 is 2.00 bits per heavy atom. The summed E-state index contributed by atoms with van der Waals surface area (Å²) < 4.78 is 1.74. The van der Waals surface area contributed by atoms with Crippen LogP contribution in [0.2, 0.25) is 5.02 Å². The van der Waals surface area contributed by atoms with Gasteiger partial charge in [0.2, 0.25) is 11.8 Å². The molecule has 0 unspecified atom stereocenters. The van der Waals surface area contributed by atoms with E-state index in [2.05, 4.69) is 10.4 Å². The van der Waals surface area contributed by atoms with Gasteiger partial charge in [-0.25, -0.2) is 4.68 Å². The van der Waals surface area contributed by atoms with Gasteiger partial charge in [0.25, 0.3) is 0 Å². The Morgan fingerprint density at radius 3 is 2.71 bits per heavy atom. The molecule has 3 aromatic rings. The summed E-state index contributed by atoms with van der Waals surface area (Å²) in [6, 6.07) is 14.9. The molecule has 1 fully saturated rings. The summed E-state index contributed by atoms with van der Waals surface area (Å²) in [5.74, 6) is -0.0807. The van der Waals surface area contributed by atoms with E-state index in [4.69, 9.17) is 11.6 Å². The first-order valence-corrected chi connectivity index (χ1v) is 9.47. The van der Waals surface area contributed by atoms with Gasteiger partial charge in [0.1, 0.15) is 0 Å². The van der Waals surface area contributed by atoms with Gasteiger partial charge in [0.15, 0.2) is 0 Å². The first kappa shape index (κ1) is 18.3. The Labute approximate surface area is 167 Å². The van der Waals surface area contributed by atoms with E-state index in [-0.39, 0.29) is 18.2 Å². The highest BCUT2D eigenvalue weighted by molar-refractivity contribution is 6.34. The molecular weight excluding hydrogens is 376 g/mol. The van der Waals surface area contributed by atoms with Crippen molar-refractivity contribution in [2.45, 2.75) is 19.3 Å². The number of amides is 2. The molecule has 6 nitrogen and oxygen atoms in total. The molecule has 0 radical (unpaired) electrons. The molecule has 0 spiro atoms. The van der Waals surface area contributed by atoms with Crippen molar-refractivity contribution in [3.63, 3.8) is 0 Å². The van der Waals surface area contributed by atoms with Gasteiger partial charge in [-0.15, -0.1) is 0 Å². The number of hydrogen-bond acceptors (Lipinski definition) is 3. The molecule has 4 rings (SSSR count). The second-order valence-electron chi connectivity index (χ2n) is 6.67. The molecule has 2 aromatic carbocycles. The van der Waals surface area contributed by atoms with Gasteiger partial charge < -0.3 is 10.2 Å². The number of carbonyl (C=O) groups is 2. The molecular formula is C21H19ClN4O2. The summed E-state index contributed by atoms with van der Waals surface area (Å²) in [6.45, 7) is 0.676. The number of para-hydroxylation sites is 1. The third-order valence-corrected chi connectivity index (χ3v) is 4.92. The Kier molecular flexibility index (Phi) is 5.12. The summed E-state index contributed by atoms with van der Waals surface area (Å²) in [4.78, 5) is 25.9. The molecule has 1 N–H and O–H groups in total. The van der Waals surface area contributed by atoms with Crippen molar-refractivity contribution in [2.24, 2.45) is 0 Å². The molecule has 0 aliphatic carbocycles. The number of hydrogen-bond donors (Lipinski definition) is 1. The Balaban J connectivity index is 1.41. The number of rotatable bonds is 5. The van der Waals surface area contributed by atoms with Gasteiger partial charge in [0, 0.05) is 24.8 Å². The number of nitrogens with one attached hydrogen (secondary N) is 1. The predicted octanol–water partition coefficient (Wildman–Crippen LogP) is 3.83. The zero-order valence-corrected chi connectivity index (χ0v) is 15.9. The van der Waals surface area contributed by atoms with Gasteiger partial charge in [-0.1, -0.05) is 29.8 Å². The van der Waals surface area contributed by atoms with Crippen LogP contribution in [0.15, 0.2) is 60.9 Å². The third-order valence-electron chi connectivity index (χ3n) is 4.62. The highest BCUT2D eigenvalue weighted by Crippen LogP contribution is 2.31. The summed E-state index contributed by atoms with van der Waals surface area (Å²) >= 11 is 6.33. The van der Waals surface area contributed by atoms with Gasteiger partial charge in [-0.3, -0.25) is 9.59 Å². The molecule has 2 heterocycles. The lowest BCUT2D eigenvalue weighted by Crippen LogP contribution is -2.24. The van der Waals surface area contributed by atoms with Crippen LogP contribution >= 0.6 is 11.6 Å². The van der Waals surface area contributed by atoms with Crippen molar-refractivity contribution >= 4 is 34.8 Å². The monoisotopic (exact) mass is 394 g/mol. The number of nitrogens with zero attached hydrogens (tertiary/aromatic N) is 3. The molecule has 1 aliphatic heterocycles. The van der Waals surface area contributed by atoms with Crippen LogP contribution in [0.25, 0.3) is 5.69 Å². The molecule has 2 amide bonds. The van der Waals surface area contributed by atoms with Gasteiger partial charge >= 0.3 is 0 Å². The lowest BCUT2D eigenvalue weighted by Gasteiger charge is -2.18. The molecule has 7 heteroatoms. The fourth-order valence-corrected chi connectivity index (χ4v) is 3.55. The van der Waals surface area contributed by atoms with Crippen LogP contribution in [0.5, 0.6) is 0 Å².